The van der Waals surface area contributed by atoms with Crippen molar-refractivity contribution in [3.05, 3.63) is 99.3 Å². The van der Waals surface area contributed by atoms with Crippen LogP contribution in [-0.4, -0.2) is 33.3 Å². The number of ketones is 1. The van der Waals surface area contributed by atoms with E-state index in [1.165, 1.54) is 11.0 Å². The van der Waals surface area contributed by atoms with Crippen molar-refractivity contribution in [1.82, 2.24) is 9.88 Å². The number of hydrogen-bond acceptors (Lipinski definition) is 5. The van der Waals surface area contributed by atoms with E-state index >= 15 is 0 Å². The summed E-state index contributed by atoms with van der Waals surface area (Å²) in [7, 11) is 0. The summed E-state index contributed by atoms with van der Waals surface area (Å²) in [6.45, 7) is 2.41. The summed E-state index contributed by atoms with van der Waals surface area (Å²) in [6, 6.07) is 14.3. The SMILES string of the molecule is CCOc1ccc(C(O)=C2C(=O)C(=O)N(Cc3cccnc3)C2c2ccc(Cl)cc2)cc1Cl. The minimum Gasteiger partial charge on any atom is -0.507 e. The molecule has 1 atom stereocenters. The molecule has 0 spiro atoms. The Morgan fingerprint density at radius 1 is 1.12 bits per heavy atom. The number of ether oxygens (including phenoxy) is 1. The Labute approximate surface area is 201 Å². The second kappa shape index (κ2) is 9.65. The second-order valence-corrected chi connectivity index (χ2v) is 8.26. The molecule has 0 bridgehead atoms. The molecule has 4 rings (SSSR count). The molecule has 1 amide bonds. The third-order valence-corrected chi connectivity index (χ3v) is 5.85. The number of halogens is 2. The number of benzene rings is 2. The van der Waals surface area contributed by atoms with E-state index in [-0.39, 0.29) is 22.9 Å². The van der Waals surface area contributed by atoms with Crippen molar-refractivity contribution in [2.45, 2.75) is 19.5 Å². The number of rotatable bonds is 6. The minimum atomic E-state index is -0.812. The Hall–Kier alpha value is -3.35. The van der Waals surface area contributed by atoms with Crippen molar-refractivity contribution in [3.8, 4) is 5.75 Å². The number of Topliss-reactive ketones (excluding diaryl/α,β-unsaturated/α-hetero) is 1. The number of aromatic nitrogens is 1. The van der Waals surface area contributed by atoms with E-state index in [4.69, 9.17) is 27.9 Å². The van der Waals surface area contributed by atoms with Gasteiger partial charge in [-0.05, 0) is 54.4 Å². The maximum atomic E-state index is 13.1. The number of amides is 1. The van der Waals surface area contributed by atoms with Gasteiger partial charge in [0.05, 0.1) is 23.2 Å². The zero-order chi connectivity index (χ0) is 23.5. The van der Waals surface area contributed by atoms with Crippen LogP contribution in [0.1, 0.15) is 29.7 Å². The highest BCUT2D eigenvalue weighted by Crippen LogP contribution is 2.41. The van der Waals surface area contributed by atoms with Gasteiger partial charge in [0.15, 0.2) is 0 Å². The van der Waals surface area contributed by atoms with Crippen molar-refractivity contribution in [2.24, 2.45) is 0 Å². The molecule has 6 nitrogen and oxygen atoms in total. The van der Waals surface area contributed by atoms with Crippen LogP contribution in [0, 0.1) is 0 Å². The van der Waals surface area contributed by atoms with Crippen molar-refractivity contribution < 1.29 is 19.4 Å². The number of carbonyl (C=O) groups is 2. The molecule has 0 saturated carbocycles. The molecule has 1 N–H and O–H groups in total. The van der Waals surface area contributed by atoms with E-state index in [9.17, 15) is 14.7 Å². The summed E-state index contributed by atoms with van der Waals surface area (Å²) in [5, 5.41) is 12.0. The second-order valence-electron chi connectivity index (χ2n) is 7.42. The van der Waals surface area contributed by atoms with Gasteiger partial charge in [0.25, 0.3) is 11.7 Å². The normalized spacial score (nSPS) is 17.4. The maximum absolute atomic E-state index is 13.1. The molecule has 3 aromatic rings. The standard InChI is InChI=1S/C25H20Cl2N2O4/c1-2-33-20-10-7-17(12-19(20)27)23(30)21-22(16-5-8-18(26)9-6-16)29(25(32)24(21)31)14-15-4-3-11-28-13-15/h3-13,22,30H,2,14H2,1H3. The summed E-state index contributed by atoms with van der Waals surface area (Å²) in [6.07, 6.45) is 3.26. The van der Waals surface area contributed by atoms with E-state index in [2.05, 4.69) is 4.98 Å². The Kier molecular flexibility index (Phi) is 6.67. The lowest BCUT2D eigenvalue weighted by atomic mass is 9.95. The first-order chi connectivity index (χ1) is 15.9. The highest BCUT2D eigenvalue weighted by atomic mass is 35.5. The summed E-state index contributed by atoms with van der Waals surface area (Å²) < 4.78 is 5.44. The molecule has 1 fully saturated rings. The van der Waals surface area contributed by atoms with Gasteiger partial charge in [0.1, 0.15) is 11.5 Å². The molecule has 2 heterocycles. The lowest BCUT2D eigenvalue weighted by molar-refractivity contribution is -0.140. The van der Waals surface area contributed by atoms with Crippen LogP contribution >= 0.6 is 23.2 Å². The number of nitrogens with zero attached hydrogens (tertiary/aromatic N) is 2. The zero-order valence-electron chi connectivity index (χ0n) is 17.7. The Bertz CT molecular complexity index is 1230. The van der Waals surface area contributed by atoms with E-state index in [1.807, 2.05) is 13.0 Å². The molecule has 168 valence electrons. The van der Waals surface area contributed by atoms with Gasteiger partial charge in [-0.3, -0.25) is 14.6 Å². The van der Waals surface area contributed by atoms with Crippen molar-refractivity contribution in [1.29, 1.82) is 0 Å². The molecule has 1 saturated heterocycles. The van der Waals surface area contributed by atoms with Crippen LogP contribution in [-0.2, 0) is 16.1 Å². The number of aliphatic hydroxyl groups is 1. The van der Waals surface area contributed by atoms with Crippen LogP contribution in [0.2, 0.25) is 10.0 Å². The van der Waals surface area contributed by atoms with E-state index < -0.39 is 17.7 Å². The van der Waals surface area contributed by atoms with Crippen molar-refractivity contribution >= 4 is 40.7 Å². The van der Waals surface area contributed by atoms with Gasteiger partial charge in [0.2, 0.25) is 0 Å². The fourth-order valence-corrected chi connectivity index (χ4v) is 4.16. The largest absolute Gasteiger partial charge is 0.507 e. The van der Waals surface area contributed by atoms with Gasteiger partial charge in [-0.2, -0.15) is 0 Å². The van der Waals surface area contributed by atoms with Crippen molar-refractivity contribution in [3.63, 3.8) is 0 Å². The summed E-state index contributed by atoms with van der Waals surface area (Å²) >= 11 is 12.3. The van der Waals surface area contributed by atoms with E-state index in [0.29, 0.717) is 28.5 Å². The predicted molar refractivity (Wildman–Crippen MR) is 126 cm³/mol. The number of carbonyl (C=O) groups excluding carboxylic acids is 2. The van der Waals surface area contributed by atoms with Gasteiger partial charge in [-0.1, -0.05) is 41.4 Å². The number of hydrogen-bond donors (Lipinski definition) is 1. The average Bonchev–Trinajstić information content (AvgIpc) is 3.06. The number of likely N-dealkylation sites (tertiary alicyclic amines) is 1. The molecular weight excluding hydrogens is 463 g/mol. The summed E-state index contributed by atoms with van der Waals surface area (Å²) in [5.74, 6) is -1.34. The highest BCUT2D eigenvalue weighted by molar-refractivity contribution is 6.46. The third kappa shape index (κ3) is 4.58. The number of pyridine rings is 1. The molecule has 0 radical (unpaired) electrons. The molecule has 2 aromatic carbocycles. The van der Waals surface area contributed by atoms with Crippen LogP contribution in [0.3, 0.4) is 0 Å². The molecule has 1 aliphatic heterocycles. The van der Waals surface area contributed by atoms with Crippen LogP contribution in [0.15, 0.2) is 72.6 Å². The third-order valence-electron chi connectivity index (χ3n) is 5.31. The predicted octanol–water partition coefficient (Wildman–Crippen LogP) is 5.41. The molecule has 8 heteroatoms. The first-order valence-electron chi connectivity index (χ1n) is 10.3. The quantitative estimate of drug-likeness (QED) is 0.288. The monoisotopic (exact) mass is 482 g/mol. The Balaban J connectivity index is 1.84. The van der Waals surface area contributed by atoms with Gasteiger partial charge in [0, 0.05) is 29.5 Å². The highest BCUT2D eigenvalue weighted by Gasteiger charge is 2.46. The van der Waals surface area contributed by atoms with Gasteiger partial charge in [-0.25, -0.2) is 0 Å². The van der Waals surface area contributed by atoms with Gasteiger partial charge < -0.3 is 14.7 Å². The smallest absolute Gasteiger partial charge is 0.295 e. The Morgan fingerprint density at radius 3 is 2.52 bits per heavy atom. The maximum Gasteiger partial charge on any atom is 0.295 e. The Morgan fingerprint density at radius 2 is 1.88 bits per heavy atom. The molecule has 0 aliphatic carbocycles. The lowest BCUT2D eigenvalue weighted by Crippen LogP contribution is -2.29. The van der Waals surface area contributed by atoms with Crippen LogP contribution < -0.4 is 4.74 Å². The van der Waals surface area contributed by atoms with Gasteiger partial charge >= 0.3 is 0 Å². The summed E-state index contributed by atoms with van der Waals surface area (Å²) in [4.78, 5) is 31.7. The van der Waals surface area contributed by atoms with Crippen LogP contribution in [0.5, 0.6) is 5.75 Å². The molecular formula is C25H20Cl2N2O4. The van der Waals surface area contributed by atoms with E-state index in [1.54, 1.807) is 54.9 Å². The van der Waals surface area contributed by atoms with Crippen LogP contribution in [0.25, 0.3) is 5.76 Å². The lowest BCUT2D eigenvalue weighted by Gasteiger charge is -2.25. The fraction of sp³-hybridized carbons (Fsp3) is 0.160. The zero-order valence-corrected chi connectivity index (χ0v) is 19.2. The first-order valence-corrected chi connectivity index (χ1v) is 11.0. The molecule has 1 aromatic heterocycles. The van der Waals surface area contributed by atoms with Gasteiger partial charge in [-0.15, -0.1) is 0 Å². The van der Waals surface area contributed by atoms with E-state index in [0.717, 1.165) is 5.56 Å². The summed E-state index contributed by atoms with van der Waals surface area (Å²) in [5.41, 5.74) is 1.68. The minimum absolute atomic E-state index is 0.0218. The molecule has 1 aliphatic rings. The van der Waals surface area contributed by atoms with Crippen molar-refractivity contribution in [2.75, 3.05) is 6.61 Å². The number of aliphatic hydroxyl groups excluding tert-OH is 1. The molecule has 33 heavy (non-hydrogen) atoms. The average molecular weight is 483 g/mol. The van der Waals surface area contributed by atoms with Crippen LogP contribution in [0.4, 0.5) is 0 Å². The first kappa shape index (κ1) is 22.8. The topological polar surface area (TPSA) is 79.7 Å². The fourth-order valence-electron chi connectivity index (χ4n) is 3.80. The molecule has 1 unspecified atom stereocenters.